The summed E-state index contributed by atoms with van der Waals surface area (Å²) < 4.78 is 35.1. The summed E-state index contributed by atoms with van der Waals surface area (Å²) in [7, 11) is 0. The summed E-state index contributed by atoms with van der Waals surface area (Å²) in [4.78, 5) is 15.9. The van der Waals surface area contributed by atoms with E-state index in [9.17, 15) is 13.6 Å². The van der Waals surface area contributed by atoms with Gasteiger partial charge in [-0.1, -0.05) is 29.4 Å². The molecule has 4 rings (SSSR count). The van der Waals surface area contributed by atoms with Gasteiger partial charge in [0.05, 0.1) is 12.7 Å². The van der Waals surface area contributed by atoms with Crippen LogP contribution in [0.3, 0.4) is 0 Å². The molecule has 1 aliphatic heterocycles. The molecule has 1 saturated heterocycles. The van der Waals surface area contributed by atoms with Crippen molar-refractivity contribution in [3.63, 3.8) is 0 Å². The summed E-state index contributed by atoms with van der Waals surface area (Å²) in [5, 5.41) is 6.45. The fourth-order valence-electron chi connectivity index (χ4n) is 3.30. The average molecular weight is 361 g/mol. The van der Waals surface area contributed by atoms with Crippen LogP contribution in [-0.4, -0.2) is 35.3 Å². The first-order valence-corrected chi connectivity index (χ1v) is 8.40. The monoisotopic (exact) mass is 361 g/mol. The minimum absolute atomic E-state index is 0.0652. The Morgan fingerprint density at radius 1 is 1.27 bits per heavy atom. The van der Waals surface area contributed by atoms with Crippen molar-refractivity contribution in [3.05, 3.63) is 47.9 Å². The van der Waals surface area contributed by atoms with E-state index in [0.717, 1.165) is 13.0 Å². The molecule has 8 heteroatoms. The van der Waals surface area contributed by atoms with E-state index in [-0.39, 0.29) is 23.8 Å². The first kappa shape index (κ1) is 16.8. The van der Waals surface area contributed by atoms with E-state index >= 15 is 0 Å². The molecule has 1 amide bonds. The van der Waals surface area contributed by atoms with E-state index in [2.05, 4.69) is 32.1 Å². The van der Waals surface area contributed by atoms with Crippen LogP contribution < -0.4 is 5.32 Å². The first-order valence-electron chi connectivity index (χ1n) is 8.40. The summed E-state index contributed by atoms with van der Waals surface area (Å²) >= 11 is 0. The molecule has 136 valence electrons. The van der Waals surface area contributed by atoms with Crippen LogP contribution in [0.2, 0.25) is 0 Å². The van der Waals surface area contributed by atoms with E-state index < -0.39 is 12.3 Å². The van der Waals surface area contributed by atoms with E-state index in [0.29, 0.717) is 23.6 Å². The number of benzene rings is 1. The van der Waals surface area contributed by atoms with Crippen molar-refractivity contribution >= 4 is 5.91 Å². The van der Waals surface area contributed by atoms with Crippen molar-refractivity contribution in [1.29, 1.82) is 0 Å². The Kier molecular flexibility index (Phi) is 4.50. The molecule has 2 aromatic rings. The van der Waals surface area contributed by atoms with Gasteiger partial charge in [0.25, 0.3) is 11.8 Å². The highest BCUT2D eigenvalue weighted by molar-refractivity contribution is 5.94. The number of carbonyl (C=O) groups is 1. The van der Waals surface area contributed by atoms with Crippen molar-refractivity contribution in [2.45, 2.75) is 19.0 Å². The second-order valence-corrected chi connectivity index (χ2v) is 6.46. The molecule has 0 unspecified atom stereocenters. The lowest BCUT2D eigenvalue weighted by molar-refractivity contribution is 0.0944. The fourth-order valence-corrected chi connectivity index (χ4v) is 3.30. The molecule has 1 aliphatic carbocycles. The number of nitrogens with zero attached hydrogens (tertiary/aromatic N) is 2. The van der Waals surface area contributed by atoms with Crippen molar-refractivity contribution in [1.82, 2.24) is 15.5 Å². The first-order chi connectivity index (χ1) is 12.6. The SMILES string of the molecule is O=C(NC[C@@H]1C=C[C@H]2C[C@@H]1CO2)c1ccc(-c2noc(C(F)F)n2)cc1. The van der Waals surface area contributed by atoms with Crippen LogP contribution in [0.4, 0.5) is 8.78 Å². The van der Waals surface area contributed by atoms with Crippen LogP contribution in [0.15, 0.2) is 40.9 Å². The predicted octanol–water partition coefficient (Wildman–Crippen LogP) is 3.00. The number of aromatic nitrogens is 2. The van der Waals surface area contributed by atoms with Gasteiger partial charge in [-0.2, -0.15) is 13.8 Å². The Hall–Kier alpha value is -2.61. The highest BCUT2D eigenvalue weighted by Gasteiger charge is 2.33. The highest BCUT2D eigenvalue weighted by Crippen LogP contribution is 2.32. The molecule has 0 saturated carbocycles. The van der Waals surface area contributed by atoms with Crippen LogP contribution in [0.25, 0.3) is 11.4 Å². The minimum Gasteiger partial charge on any atom is -0.374 e. The molecular weight excluding hydrogens is 344 g/mol. The molecular formula is C18H17F2N3O3. The average Bonchev–Trinajstić information content (AvgIpc) is 3.29. The Morgan fingerprint density at radius 3 is 2.81 bits per heavy atom. The van der Waals surface area contributed by atoms with Crippen molar-refractivity contribution in [2.24, 2.45) is 11.8 Å². The number of hydrogen-bond acceptors (Lipinski definition) is 5. The number of carbonyl (C=O) groups excluding carboxylic acids is 1. The van der Waals surface area contributed by atoms with Gasteiger partial charge in [0.2, 0.25) is 5.82 Å². The molecule has 26 heavy (non-hydrogen) atoms. The van der Waals surface area contributed by atoms with E-state index in [1.165, 1.54) is 0 Å². The lowest BCUT2D eigenvalue weighted by Crippen LogP contribution is -2.33. The quantitative estimate of drug-likeness (QED) is 0.829. The molecule has 1 aromatic carbocycles. The number of nitrogens with one attached hydrogen (secondary N) is 1. The molecule has 1 fully saturated rings. The maximum absolute atomic E-state index is 12.5. The van der Waals surface area contributed by atoms with Gasteiger partial charge in [-0.05, 0) is 30.4 Å². The largest absolute Gasteiger partial charge is 0.374 e. The summed E-state index contributed by atoms with van der Waals surface area (Å²) in [6.07, 6.45) is 2.61. The summed E-state index contributed by atoms with van der Waals surface area (Å²) in [5.74, 6) is -0.109. The molecule has 2 bridgehead atoms. The molecule has 1 aromatic heterocycles. The van der Waals surface area contributed by atoms with Gasteiger partial charge in [0, 0.05) is 17.7 Å². The number of amides is 1. The van der Waals surface area contributed by atoms with Crippen LogP contribution >= 0.6 is 0 Å². The minimum atomic E-state index is -2.81. The van der Waals surface area contributed by atoms with Crippen LogP contribution in [0, 0.1) is 11.8 Å². The molecule has 2 heterocycles. The van der Waals surface area contributed by atoms with Crippen molar-refractivity contribution < 1.29 is 22.8 Å². The second kappa shape index (κ2) is 6.95. The Morgan fingerprint density at radius 2 is 2.08 bits per heavy atom. The van der Waals surface area contributed by atoms with Gasteiger partial charge >= 0.3 is 6.43 Å². The smallest absolute Gasteiger partial charge is 0.315 e. The molecule has 0 radical (unpaired) electrons. The van der Waals surface area contributed by atoms with Gasteiger partial charge in [-0.3, -0.25) is 4.79 Å². The maximum Gasteiger partial charge on any atom is 0.315 e. The standard InChI is InChI=1S/C18H17F2N3O3/c19-15(20)18-22-16(23-26-18)10-1-3-11(4-2-10)17(24)21-8-12-5-6-14-7-13(12)9-25-14/h1-6,12-15H,7-9H2,(H,21,24)/t12-,13+,14-/m0/s1. The van der Waals surface area contributed by atoms with Gasteiger partial charge in [0.15, 0.2) is 0 Å². The molecule has 1 N–H and O–H groups in total. The van der Waals surface area contributed by atoms with Gasteiger partial charge in [-0.25, -0.2) is 0 Å². The van der Waals surface area contributed by atoms with Crippen LogP contribution in [-0.2, 0) is 4.74 Å². The van der Waals surface area contributed by atoms with Gasteiger partial charge < -0.3 is 14.6 Å². The normalized spacial score (nSPS) is 24.2. The van der Waals surface area contributed by atoms with E-state index in [1.54, 1.807) is 24.3 Å². The number of hydrogen-bond donors (Lipinski definition) is 1. The lowest BCUT2D eigenvalue weighted by atomic mass is 9.85. The zero-order chi connectivity index (χ0) is 18.1. The molecule has 6 nitrogen and oxygen atoms in total. The fraction of sp³-hybridized carbons (Fsp3) is 0.389. The molecule has 2 aliphatic rings. The van der Waals surface area contributed by atoms with Gasteiger partial charge in [0.1, 0.15) is 0 Å². The Balaban J connectivity index is 1.37. The van der Waals surface area contributed by atoms with Crippen LogP contribution in [0.1, 0.15) is 29.1 Å². The van der Waals surface area contributed by atoms with Crippen LogP contribution in [0.5, 0.6) is 0 Å². The number of halogens is 2. The highest BCUT2D eigenvalue weighted by atomic mass is 19.3. The Labute approximate surface area is 148 Å². The summed E-state index contributed by atoms with van der Waals surface area (Å²) in [5.41, 5.74) is 0.980. The topological polar surface area (TPSA) is 77.2 Å². The Bertz CT molecular complexity index is 819. The van der Waals surface area contributed by atoms with E-state index in [1.807, 2.05) is 0 Å². The lowest BCUT2D eigenvalue weighted by Gasteiger charge is -2.22. The van der Waals surface area contributed by atoms with Crippen molar-refractivity contribution in [3.8, 4) is 11.4 Å². The molecule has 3 atom stereocenters. The summed E-state index contributed by atoms with van der Waals surface area (Å²) in [6.45, 7) is 1.29. The number of rotatable bonds is 5. The second-order valence-electron chi connectivity index (χ2n) is 6.46. The summed E-state index contributed by atoms with van der Waals surface area (Å²) in [6, 6.07) is 6.42. The number of fused-ring (bicyclic) bond motifs is 2. The third-order valence-corrected chi connectivity index (χ3v) is 4.77. The number of alkyl halides is 2. The third-order valence-electron chi connectivity index (χ3n) is 4.77. The molecule has 0 spiro atoms. The predicted molar refractivity (Wildman–Crippen MR) is 87.5 cm³/mol. The zero-order valence-corrected chi connectivity index (χ0v) is 13.8. The zero-order valence-electron chi connectivity index (χ0n) is 13.8. The van der Waals surface area contributed by atoms with E-state index in [4.69, 9.17) is 4.74 Å². The van der Waals surface area contributed by atoms with Crippen molar-refractivity contribution in [2.75, 3.05) is 13.2 Å². The number of ether oxygens (including phenoxy) is 1. The van der Waals surface area contributed by atoms with Gasteiger partial charge in [-0.15, -0.1) is 0 Å². The third kappa shape index (κ3) is 3.37. The maximum atomic E-state index is 12.5.